The van der Waals surface area contributed by atoms with Crippen LogP contribution in [0.25, 0.3) is 0 Å². The highest BCUT2D eigenvalue weighted by Gasteiger charge is 2.24. The van der Waals surface area contributed by atoms with Crippen molar-refractivity contribution in [1.82, 2.24) is 5.32 Å². The summed E-state index contributed by atoms with van der Waals surface area (Å²) >= 11 is 0. The average Bonchev–Trinajstić information content (AvgIpc) is 2.27. The van der Waals surface area contributed by atoms with Gasteiger partial charge in [0.1, 0.15) is 5.75 Å². The zero-order chi connectivity index (χ0) is 11.4. The Hall–Kier alpha value is -1.06. The molecule has 3 N–H and O–H groups in total. The van der Waals surface area contributed by atoms with Gasteiger partial charge >= 0.3 is 0 Å². The van der Waals surface area contributed by atoms with Gasteiger partial charge in [-0.1, -0.05) is 12.1 Å². The number of nitrogens with two attached hydrogens (primary N) is 1. The number of nitrogens with one attached hydrogen (secondary N) is 1. The smallest absolute Gasteiger partial charge is 0.119 e. The molecule has 0 saturated heterocycles. The molecule has 0 amide bonds. The molecule has 1 aromatic rings. The van der Waals surface area contributed by atoms with Gasteiger partial charge in [-0.25, -0.2) is 0 Å². The Labute approximate surface area is 97.0 Å². The predicted octanol–water partition coefficient (Wildman–Crippen LogP) is 1.52. The van der Waals surface area contributed by atoms with E-state index < -0.39 is 0 Å². The molecule has 1 fully saturated rings. The fraction of sp³-hybridized carbons (Fsp3) is 0.538. The van der Waals surface area contributed by atoms with Crippen molar-refractivity contribution in [1.29, 1.82) is 0 Å². The minimum Gasteiger partial charge on any atom is -0.497 e. The summed E-state index contributed by atoms with van der Waals surface area (Å²) in [5, 5.41) is 3.46. The van der Waals surface area contributed by atoms with E-state index in [1.165, 1.54) is 18.4 Å². The summed E-state index contributed by atoms with van der Waals surface area (Å²) in [4.78, 5) is 0. The van der Waals surface area contributed by atoms with E-state index in [1.807, 2.05) is 12.1 Å². The van der Waals surface area contributed by atoms with Crippen molar-refractivity contribution in [2.24, 2.45) is 11.7 Å². The van der Waals surface area contributed by atoms with Crippen LogP contribution in [0.3, 0.4) is 0 Å². The van der Waals surface area contributed by atoms with E-state index in [-0.39, 0.29) is 0 Å². The van der Waals surface area contributed by atoms with Crippen LogP contribution in [-0.2, 0) is 6.54 Å². The van der Waals surface area contributed by atoms with Crippen LogP contribution in [0.2, 0.25) is 0 Å². The monoisotopic (exact) mass is 220 g/mol. The highest BCUT2D eigenvalue weighted by Crippen LogP contribution is 2.24. The molecule has 0 radical (unpaired) electrons. The van der Waals surface area contributed by atoms with Gasteiger partial charge in [0, 0.05) is 12.6 Å². The van der Waals surface area contributed by atoms with Crippen molar-refractivity contribution in [3.8, 4) is 5.75 Å². The minimum absolute atomic E-state index is 0.448. The summed E-state index contributed by atoms with van der Waals surface area (Å²) in [6, 6.07) is 8.62. The van der Waals surface area contributed by atoms with Crippen molar-refractivity contribution < 1.29 is 4.74 Å². The predicted molar refractivity (Wildman–Crippen MR) is 65.4 cm³/mol. The summed E-state index contributed by atoms with van der Waals surface area (Å²) in [5.41, 5.74) is 7.01. The van der Waals surface area contributed by atoms with Gasteiger partial charge in [-0.05, 0) is 43.0 Å². The quantitative estimate of drug-likeness (QED) is 0.791. The Kier molecular flexibility index (Phi) is 3.80. The lowest BCUT2D eigenvalue weighted by molar-refractivity contribution is 0.256. The van der Waals surface area contributed by atoms with Gasteiger partial charge in [-0.15, -0.1) is 0 Å². The van der Waals surface area contributed by atoms with Gasteiger partial charge in [-0.3, -0.25) is 0 Å². The third kappa shape index (κ3) is 2.97. The summed E-state index contributed by atoms with van der Waals surface area (Å²) in [7, 11) is 1.70. The summed E-state index contributed by atoms with van der Waals surface area (Å²) in [6.07, 6.45) is 2.34. The Morgan fingerprint density at radius 3 is 2.94 bits per heavy atom. The largest absolute Gasteiger partial charge is 0.497 e. The van der Waals surface area contributed by atoms with Gasteiger partial charge in [0.05, 0.1) is 7.11 Å². The van der Waals surface area contributed by atoms with Crippen molar-refractivity contribution in [3.63, 3.8) is 0 Å². The molecule has 0 unspecified atom stereocenters. The van der Waals surface area contributed by atoms with Crippen molar-refractivity contribution in [3.05, 3.63) is 29.8 Å². The van der Waals surface area contributed by atoms with Crippen LogP contribution in [0.15, 0.2) is 24.3 Å². The zero-order valence-electron chi connectivity index (χ0n) is 9.78. The van der Waals surface area contributed by atoms with Crippen LogP contribution in [0.5, 0.6) is 5.75 Å². The average molecular weight is 220 g/mol. The van der Waals surface area contributed by atoms with Gasteiger partial charge in [0.25, 0.3) is 0 Å². The van der Waals surface area contributed by atoms with E-state index in [4.69, 9.17) is 10.5 Å². The molecule has 2 rings (SSSR count). The second kappa shape index (κ2) is 5.32. The van der Waals surface area contributed by atoms with E-state index in [2.05, 4.69) is 17.4 Å². The first-order valence-corrected chi connectivity index (χ1v) is 5.87. The van der Waals surface area contributed by atoms with Crippen LogP contribution in [0.4, 0.5) is 0 Å². The minimum atomic E-state index is 0.448. The first kappa shape index (κ1) is 11.4. The Morgan fingerprint density at radius 2 is 2.25 bits per heavy atom. The zero-order valence-corrected chi connectivity index (χ0v) is 9.78. The number of hydrogen-bond donors (Lipinski definition) is 2. The van der Waals surface area contributed by atoms with E-state index in [0.29, 0.717) is 6.04 Å². The molecule has 88 valence electrons. The molecule has 1 aromatic carbocycles. The molecule has 3 heteroatoms. The van der Waals surface area contributed by atoms with Gasteiger partial charge in [0.2, 0.25) is 0 Å². The lowest BCUT2D eigenvalue weighted by Gasteiger charge is -2.32. The number of methoxy groups -OCH3 is 1. The Balaban J connectivity index is 1.72. The summed E-state index contributed by atoms with van der Waals surface area (Å²) < 4.78 is 5.18. The molecular formula is C13H20N2O. The molecular weight excluding hydrogens is 200 g/mol. The number of ether oxygens (including phenoxy) is 1. The van der Waals surface area contributed by atoms with Crippen LogP contribution in [0, 0.1) is 5.92 Å². The topological polar surface area (TPSA) is 47.3 Å². The Bertz CT molecular complexity index is 334. The maximum absolute atomic E-state index is 5.75. The first-order valence-electron chi connectivity index (χ1n) is 5.87. The van der Waals surface area contributed by atoms with Crippen molar-refractivity contribution in [2.75, 3.05) is 13.7 Å². The Morgan fingerprint density at radius 1 is 1.44 bits per heavy atom. The van der Waals surface area contributed by atoms with E-state index >= 15 is 0 Å². The standard InChI is InChI=1S/C13H20N2O/c1-16-13-4-2-3-10(7-13)8-15-9-11-5-12(14)6-11/h2-4,7,11-12,15H,5-6,8-9,14H2,1H3. The number of benzene rings is 1. The second-order valence-corrected chi connectivity index (χ2v) is 4.58. The summed E-state index contributed by atoms with van der Waals surface area (Å²) in [5.74, 6) is 1.70. The van der Waals surface area contributed by atoms with Crippen LogP contribution < -0.4 is 15.8 Å². The molecule has 0 atom stereocenters. The normalized spacial score (nSPS) is 23.9. The van der Waals surface area contributed by atoms with Gasteiger partial charge in [0.15, 0.2) is 0 Å². The fourth-order valence-corrected chi connectivity index (χ4v) is 2.16. The lowest BCUT2D eigenvalue weighted by Crippen LogP contribution is -2.41. The molecule has 0 bridgehead atoms. The third-order valence-electron chi connectivity index (χ3n) is 3.17. The molecule has 0 aliphatic heterocycles. The molecule has 1 aliphatic rings. The fourth-order valence-electron chi connectivity index (χ4n) is 2.16. The molecule has 0 spiro atoms. The van der Waals surface area contributed by atoms with E-state index in [9.17, 15) is 0 Å². The van der Waals surface area contributed by atoms with E-state index in [1.54, 1.807) is 7.11 Å². The molecule has 0 aromatic heterocycles. The second-order valence-electron chi connectivity index (χ2n) is 4.58. The maximum Gasteiger partial charge on any atom is 0.119 e. The SMILES string of the molecule is COc1cccc(CNCC2CC(N)C2)c1. The number of hydrogen-bond acceptors (Lipinski definition) is 3. The van der Waals surface area contributed by atoms with Gasteiger partial charge < -0.3 is 15.8 Å². The molecule has 1 aliphatic carbocycles. The lowest BCUT2D eigenvalue weighted by atomic mass is 9.81. The van der Waals surface area contributed by atoms with Crippen LogP contribution in [0.1, 0.15) is 18.4 Å². The first-order chi connectivity index (χ1) is 7.78. The van der Waals surface area contributed by atoms with Crippen LogP contribution >= 0.6 is 0 Å². The maximum atomic E-state index is 5.75. The summed E-state index contributed by atoms with van der Waals surface area (Å²) in [6.45, 7) is 1.98. The third-order valence-corrected chi connectivity index (χ3v) is 3.17. The highest BCUT2D eigenvalue weighted by molar-refractivity contribution is 5.28. The number of rotatable bonds is 5. The van der Waals surface area contributed by atoms with Crippen molar-refractivity contribution >= 4 is 0 Å². The van der Waals surface area contributed by atoms with Gasteiger partial charge in [-0.2, -0.15) is 0 Å². The molecule has 0 heterocycles. The molecule has 3 nitrogen and oxygen atoms in total. The van der Waals surface area contributed by atoms with Crippen LogP contribution in [-0.4, -0.2) is 19.7 Å². The van der Waals surface area contributed by atoms with Crippen molar-refractivity contribution in [2.45, 2.75) is 25.4 Å². The highest BCUT2D eigenvalue weighted by atomic mass is 16.5. The van der Waals surface area contributed by atoms with E-state index in [0.717, 1.165) is 24.8 Å². The molecule has 16 heavy (non-hydrogen) atoms. The molecule has 1 saturated carbocycles.